The molecule has 0 aliphatic rings. The summed E-state index contributed by atoms with van der Waals surface area (Å²) in [5, 5.41) is 20.2. The van der Waals surface area contributed by atoms with E-state index < -0.39 is 18.5 Å². The zero-order valence-electron chi connectivity index (χ0n) is 18.9. The van der Waals surface area contributed by atoms with Crippen LogP contribution in [0.15, 0.2) is 77.0 Å². The van der Waals surface area contributed by atoms with Crippen molar-refractivity contribution < 1.29 is 28.9 Å². The van der Waals surface area contributed by atoms with E-state index in [0.29, 0.717) is 35.8 Å². The zero-order chi connectivity index (χ0) is 24.3. The van der Waals surface area contributed by atoms with E-state index in [1.165, 1.54) is 12.1 Å². The Kier molecular flexibility index (Phi) is 8.56. The number of rotatable bonds is 10. The van der Waals surface area contributed by atoms with Gasteiger partial charge >= 0.3 is 5.97 Å². The maximum Gasteiger partial charge on any atom is 0.340 e. The smallest absolute Gasteiger partial charge is 0.340 e. The molecule has 3 aromatic carbocycles. The molecule has 0 aliphatic heterocycles. The van der Waals surface area contributed by atoms with Crippen molar-refractivity contribution in [3.63, 3.8) is 0 Å². The standard InChI is InChI=1S/C25H25N3O6/c1-32-22-12-7-17(15-23(22)33-2)13-14-26-24(30)16-34-25(31)20-5-3-4-6-21(20)28-27-18-8-10-19(29)11-9-18/h3-12,15,29H,13-14,16H2,1-2H3,(H,26,30). The highest BCUT2D eigenvalue weighted by molar-refractivity contribution is 5.96. The minimum Gasteiger partial charge on any atom is -0.508 e. The van der Waals surface area contributed by atoms with Crippen molar-refractivity contribution in [3.05, 3.63) is 77.9 Å². The Morgan fingerprint density at radius 2 is 1.65 bits per heavy atom. The van der Waals surface area contributed by atoms with Crippen LogP contribution < -0.4 is 14.8 Å². The molecule has 176 valence electrons. The van der Waals surface area contributed by atoms with Crippen molar-refractivity contribution in [1.82, 2.24) is 5.32 Å². The maximum absolute atomic E-state index is 12.5. The number of carbonyl (C=O) groups is 2. The summed E-state index contributed by atoms with van der Waals surface area (Å²) in [4.78, 5) is 24.6. The number of methoxy groups -OCH3 is 2. The maximum atomic E-state index is 12.5. The number of amides is 1. The third-order valence-corrected chi connectivity index (χ3v) is 4.77. The molecule has 0 aliphatic carbocycles. The van der Waals surface area contributed by atoms with Gasteiger partial charge in [-0.25, -0.2) is 4.79 Å². The molecule has 0 saturated carbocycles. The number of nitrogens with zero attached hydrogens (tertiary/aromatic N) is 2. The predicted octanol–water partition coefficient (Wildman–Crippen LogP) is 4.34. The number of esters is 1. The van der Waals surface area contributed by atoms with E-state index in [1.54, 1.807) is 56.7 Å². The number of phenolic OH excluding ortho intramolecular Hbond substituents is 1. The van der Waals surface area contributed by atoms with Gasteiger partial charge < -0.3 is 24.6 Å². The van der Waals surface area contributed by atoms with Gasteiger partial charge in [-0.1, -0.05) is 18.2 Å². The van der Waals surface area contributed by atoms with Crippen LogP contribution in [0.5, 0.6) is 17.2 Å². The van der Waals surface area contributed by atoms with Gasteiger partial charge in [-0.15, -0.1) is 5.11 Å². The van der Waals surface area contributed by atoms with Gasteiger partial charge in [-0.05, 0) is 60.5 Å². The first-order valence-electron chi connectivity index (χ1n) is 10.4. The largest absolute Gasteiger partial charge is 0.508 e. The topological polar surface area (TPSA) is 119 Å². The molecule has 2 N–H and O–H groups in total. The minimum absolute atomic E-state index is 0.116. The monoisotopic (exact) mass is 463 g/mol. The second-order valence-electron chi connectivity index (χ2n) is 7.10. The van der Waals surface area contributed by atoms with Crippen LogP contribution in [0.1, 0.15) is 15.9 Å². The van der Waals surface area contributed by atoms with Gasteiger partial charge in [-0.3, -0.25) is 4.79 Å². The molecule has 0 bridgehead atoms. The Hall–Kier alpha value is -4.40. The van der Waals surface area contributed by atoms with Crippen LogP contribution in [0.4, 0.5) is 11.4 Å². The lowest BCUT2D eigenvalue weighted by atomic mass is 10.1. The van der Waals surface area contributed by atoms with Crippen LogP contribution in [0, 0.1) is 0 Å². The first kappa shape index (κ1) is 24.2. The van der Waals surface area contributed by atoms with Gasteiger partial charge in [0.15, 0.2) is 18.1 Å². The highest BCUT2D eigenvalue weighted by Crippen LogP contribution is 2.27. The zero-order valence-corrected chi connectivity index (χ0v) is 18.9. The highest BCUT2D eigenvalue weighted by atomic mass is 16.5. The molecule has 9 heteroatoms. The molecular formula is C25H25N3O6. The summed E-state index contributed by atoms with van der Waals surface area (Å²) < 4.78 is 15.6. The number of azo groups is 1. The van der Waals surface area contributed by atoms with Crippen molar-refractivity contribution in [2.24, 2.45) is 10.2 Å². The van der Waals surface area contributed by atoms with E-state index in [9.17, 15) is 14.7 Å². The molecule has 0 unspecified atom stereocenters. The van der Waals surface area contributed by atoms with Crippen LogP contribution in [-0.4, -0.2) is 44.4 Å². The molecule has 34 heavy (non-hydrogen) atoms. The van der Waals surface area contributed by atoms with Gasteiger partial charge in [0.25, 0.3) is 5.91 Å². The Morgan fingerprint density at radius 1 is 0.912 bits per heavy atom. The lowest BCUT2D eigenvalue weighted by molar-refractivity contribution is -0.124. The van der Waals surface area contributed by atoms with Crippen LogP contribution in [0.2, 0.25) is 0 Å². The van der Waals surface area contributed by atoms with E-state index >= 15 is 0 Å². The quantitative estimate of drug-likeness (QED) is 0.341. The average Bonchev–Trinajstić information content (AvgIpc) is 2.87. The van der Waals surface area contributed by atoms with Crippen LogP contribution >= 0.6 is 0 Å². The summed E-state index contributed by atoms with van der Waals surface area (Å²) >= 11 is 0. The molecule has 3 rings (SSSR count). The van der Waals surface area contributed by atoms with Crippen LogP contribution in [0.25, 0.3) is 0 Å². The van der Waals surface area contributed by atoms with Crippen molar-refractivity contribution >= 4 is 23.3 Å². The predicted molar refractivity (Wildman–Crippen MR) is 125 cm³/mol. The van der Waals surface area contributed by atoms with E-state index in [-0.39, 0.29) is 11.3 Å². The molecule has 0 spiro atoms. The number of aromatic hydroxyl groups is 1. The van der Waals surface area contributed by atoms with Crippen molar-refractivity contribution in [2.75, 3.05) is 27.4 Å². The van der Waals surface area contributed by atoms with E-state index in [4.69, 9.17) is 14.2 Å². The summed E-state index contributed by atoms with van der Waals surface area (Å²) in [5.41, 5.74) is 1.95. The van der Waals surface area contributed by atoms with E-state index in [1.807, 2.05) is 12.1 Å². The molecule has 1 amide bonds. The Bertz CT molecular complexity index is 1160. The minimum atomic E-state index is -0.685. The van der Waals surface area contributed by atoms with Gasteiger partial charge in [0.2, 0.25) is 0 Å². The fraction of sp³-hybridized carbons (Fsp3) is 0.200. The van der Waals surface area contributed by atoms with Crippen molar-refractivity contribution in [3.8, 4) is 17.2 Å². The number of carbonyl (C=O) groups excluding carboxylic acids is 2. The molecule has 0 aromatic heterocycles. The molecule has 0 atom stereocenters. The number of ether oxygens (including phenoxy) is 3. The van der Waals surface area contributed by atoms with Gasteiger partial charge in [-0.2, -0.15) is 5.11 Å². The lowest BCUT2D eigenvalue weighted by Gasteiger charge is -2.10. The molecule has 9 nitrogen and oxygen atoms in total. The number of nitrogens with one attached hydrogen (secondary N) is 1. The van der Waals surface area contributed by atoms with Crippen molar-refractivity contribution in [2.45, 2.75) is 6.42 Å². The van der Waals surface area contributed by atoms with Gasteiger partial charge in [0.05, 0.1) is 25.5 Å². The third kappa shape index (κ3) is 6.80. The summed E-state index contributed by atoms with van der Waals surface area (Å²) in [6, 6.07) is 18.2. The van der Waals surface area contributed by atoms with E-state index in [2.05, 4.69) is 15.5 Å². The van der Waals surface area contributed by atoms with Crippen LogP contribution in [0.3, 0.4) is 0 Å². The molecular weight excluding hydrogens is 438 g/mol. The summed E-state index contributed by atoms with van der Waals surface area (Å²) in [7, 11) is 3.13. The molecule has 0 saturated heterocycles. The fourth-order valence-electron chi connectivity index (χ4n) is 3.01. The fourth-order valence-corrected chi connectivity index (χ4v) is 3.01. The molecule has 0 radical (unpaired) electrons. The highest BCUT2D eigenvalue weighted by Gasteiger charge is 2.14. The second kappa shape index (κ2) is 12.0. The molecule has 3 aromatic rings. The van der Waals surface area contributed by atoms with E-state index in [0.717, 1.165) is 5.56 Å². The summed E-state index contributed by atoms with van der Waals surface area (Å²) in [6.45, 7) is -0.0580. The lowest BCUT2D eigenvalue weighted by Crippen LogP contribution is -2.30. The SMILES string of the molecule is COc1ccc(CCNC(=O)COC(=O)c2ccccc2N=Nc2ccc(O)cc2)cc1OC. The summed E-state index contributed by atoms with van der Waals surface area (Å²) in [5.74, 6) is 0.254. The number of benzene rings is 3. The number of hydrogen-bond acceptors (Lipinski definition) is 8. The second-order valence-corrected chi connectivity index (χ2v) is 7.10. The summed E-state index contributed by atoms with van der Waals surface area (Å²) in [6.07, 6.45) is 0.570. The molecule has 0 heterocycles. The first-order valence-corrected chi connectivity index (χ1v) is 10.4. The Balaban J connectivity index is 1.51. The normalized spacial score (nSPS) is 10.6. The van der Waals surface area contributed by atoms with Gasteiger partial charge in [0, 0.05) is 6.54 Å². The van der Waals surface area contributed by atoms with Crippen LogP contribution in [-0.2, 0) is 16.0 Å². The number of phenols is 1. The Labute approximate surface area is 197 Å². The first-order chi connectivity index (χ1) is 16.5. The van der Waals surface area contributed by atoms with Gasteiger partial charge in [0.1, 0.15) is 11.4 Å². The average molecular weight is 463 g/mol. The molecule has 0 fully saturated rings. The van der Waals surface area contributed by atoms with Crippen molar-refractivity contribution in [1.29, 1.82) is 0 Å². The number of hydrogen-bond donors (Lipinski definition) is 2. The Morgan fingerprint density at radius 3 is 2.38 bits per heavy atom. The third-order valence-electron chi connectivity index (χ3n) is 4.77.